The molecule has 0 saturated carbocycles. The molecule has 0 aliphatic heterocycles. The highest BCUT2D eigenvalue weighted by atomic mass is 35.5. The molecule has 0 spiro atoms. The molecule has 1 aromatic carbocycles. The largest absolute Gasteiger partial charge is 0.480 e. The topological polar surface area (TPSA) is 109 Å². The van der Waals surface area contributed by atoms with E-state index < -0.39 is 23.8 Å². The number of hydrogen-bond acceptors (Lipinski definition) is 5. The van der Waals surface area contributed by atoms with Gasteiger partial charge in [-0.15, -0.1) is 0 Å². The number of rotatable bonds is 9. The molecule has 0 saturated heterocycles. The van der Waals surface area contributed by atoms with Gasteiger partial charge in [-0.1, -0.05) is 23.7 Å². The average Bonchev–Trinajstić information content (AvgIpc) is 3.20. The normalized spacial score (nSPS) is 12.3. The molecule has 2 amide bonds. The Balaban J connectivity index is 2.25. The first-order valence-electron chi connectivity index (χ1n) is 8.25. The van der Waals surface area contributed by atoms with Crippen LogP contribution in [0.15, 0.2) is 52.8 Å². The Morgan fingerprint density at radius 2 is 1.96 bits per heavy atom. The van der Waals surface area contributed by atoms with E-state index in [2.05, 4.69) is 10.6 Å². The van der Waals surface area contributed by atoms with Crippen molar-refractivity contribution in [1.29, 1.82) is 0 Å². The van der Waals surface area contributed by atoms with Crippen LogP contribution in [0, 0.1) is 0 Å². The summed E-state index contributed by atoms with van der Waals surface area (Å²) in [4.78, 5) is 36.4. The van der Waals surface area contributed by atoms with Crippen LogP contribution in [0.3, 0.4) is 0 Å². The smallest absolute Gasteiger partial charge is 0.326 e. The van der Waals surface area contributed by atoms with Crippen LogP contribution in [0.4, 0.5) is 0 Å². The molecule has 3 N–H and O–H groups in total. The molecular weight excluding hydrogens is 404 g/mol. The summed E-state index contributed by atoms with van der Waals surface area (Å²) in [5.41, 5.74) is 0.490. The number of hydrogen-bond donors (Lipinski definition) is 3. The molecule has 2 rings (SSSR count). The first-order valence-corrected chi connectivity index (χ1v) is 10.0. The molecule has 0 unspecified atom stereocenters. The highest BCUT2D eigenvalue weighted by molar-refractivity contribution is 7.98. The van der Waals surface area contributed by atoms with E-state index in [1.54, 1.807) is 30.3 Å². The van der Waals surface area contributed by atoms with Gasteiger partial charge in [0.15, 0.2) is 5.76 Å². The third-order valence-electron chi connectivity index (χ3n) is 3.63. The zero-order chi connectivity index (χ0) is 20.5. The van der Waals surface area contributed by atoms with Crippen molar-refractivity contribution in [1.82, 2.24) is 10.6 Å². The monoisotopic (exact) mass is 422 g/mol. The van der Waals surface area contributed by atoms with Crippen molar-refractivity contribution in [3.63, 3.8) is 0 Å². The summed E-state index contributed by atoms with van der Waals surface area (Å²) in [7, 11) is 0. The van der Waals surface area contributed by atoms with Crippen LogP contribution in [0.5, 0.6) is 0 Å². The van der Waals surface area contributed by atoms with Gasteiger partial charge in [-0.25, -0.2) is 4.79 Å². The number of thioether (sulfide) groups is 1. The lowest BCUT2D eigenvalue weighted by Crippen LogP contribution is -2.44. The molecule has 2 aromatic rings. The predicted octanol–water partition coefficient (Wildman–Crippen LogP) is 3.03. The summed E-state index contributed by atoms with van der Waals surface area (Å²) in [6, 6.07) is 8.51. The number of carbonyl (C=O) groups is 3. The fourth-order valence-electron chi connectivity index (χ4n) is 2.20. The van der Waals surface area contributed by atoms with Crippen molar-refractivity contribution in [2.75, 3.05) is 12.0 Å². The molecule has 0 fully saturated rings. The molecule has 1 heterocycles. The fraction of sp³-hybridized carbons (Fsp3) is 0.211. The number of benzene rings is 1. The molecule has 0 aliphatic rings. The second-order valence-electron chi connectivity index (χ2n) is 5.69. The van der Waals surface area contributed by atoms with Crippen LogP contribution in [0.2, 0.25) is 5.02 Å². The van der Waals surface area contributed by atoms with Gasteiger partial charge in [0, 0.05) is 5.02 Å². The molecule has 148 valence electrons. The van der Waals surface area contributed by atoms with Gasteiger partial charge in [-0.3, -0.25) is 9.59 Å². The molecule has 1 atom stereocenters. The average molecular weight is 423 g/mol. The van der Waals surface area contributed by atoms with E-state index in [-0.39, 0.29) is 17.9 Å². The Kier molecular flexibility index (Phi) is 8.16. The number of nitrogens with one attached hydrogen (secondary N) is 2. The van der Waals surface area contributed by atoms with Gasteiger partial charge in [0.1, 0.15) is 11.7 Å². The molecule has 7 nitrogen and oxygen atoms in total. The summed E-state index contributed by atoms with van der Waals surface area (Å²) in [5, 5.41) is 14.8. The van der Waals surface area contributed by atoms with E-state index >= 15 is 0 Å². The highest BCUT2D eigenvalue weighted by Gasteiger charge is 2.23. The molecule has 0 radical (unpaired) electrons. The van der Waals surface area contributed by atoms with Gasteiger partial charge >= 0.3 is 5.97 Å². The van der Waals surface area contributed by atoms with Crippen LogP contribution in [0.1, 0.15) is 22.5 Å². The van der Waals surface area contributed by atoms with Crippen LogP contribution >= 0.6 is 23.4 Å². The number of carbonyl (C=O) groups excluding carboxylic acids is 2. The van der Waals surface area contributed by atoms with E-state index in [1.807, 2.05) is 6.26 Å². The Bertz CT molecular complexity index is 850. The van der Waals surface area contributed by atoms with Gasteiger partial charge in [0.05, 0.1) is 6.26 Å². The first kappa shape index (κ1) is 21.6. The first-order chi connectivity index (χ1) is 13.4. The maximum absolute atomic E-state index is 12.7. The lowest BCUT2D eigenvalue weighted by Gasteiger charge is -2.16. The highest BCUT2D eigenvalue weighted by Crippen LogP contribution is 2.13. The van der Waals surface area contributed by atoms with Crippen molar-refractivity contribution in [3.8, 4) is 0 Å². The van der Waals surface area contributed by atoms with Crippen molar-refractivity contribution in [2.45, 2.75) is 12.5 Å². The van der Waals surface area contributed by atoms with Crippen LogP contribution in [-0.2, 0) is 9.59 Å². The fourth-order valence-corrected chi connectivity index (χ4v) is 2.80. The Hall–Kier alpha value is -2.71. The lowest BCUT2D eigenvalue weighted by atomic mass is 10.1. The summed E-state index contributed by atoms with van der Waals surface area (Å²) >= 11 is 7.34. The quantitative estimate of drug-likeness (QED) is 0.536. The van der Waals surface area contributed by atoms with Crippen molar-refractivity contribution in [2.24, 2.45) is 0 Å². The van der Waals surface area contributed by atoms with Crippen LogP contribution in [-0.4, -0.2) is 40.9 Å². The minimum Gasteiger partial charge on any atom is -0.480 e. The maximum atomic E-state index is 12.7. The molecule has 0 aliphatic carbocycles. The summed E-state index contributed by atoms with van der Waals surface area (Å²) < 4.78 is 5.03. The van der Waals surface area contributed by atoms with Crippen LogP contribution < -0.4 is 10.6 Å². The number of amides is 2. The summed E-state index contributed by atoms with van der Waals surface area (Å²) in [5.74, 6) is -1.91. The SMILES string of the molecule is CSCC[C@H](NC(=O)/C(=C/c1ccc(Cl)cc1)NC(=O)c1ccco1)C(=O)O. The second-order valence-corrected chi connectivity index (χ2v) is 7.11. The minimum atomic E-state index is -1.15. The molecular formula is C19H19ClN2O5S. The Morgan fingerprint density at radius 3 is 2.54 bits per heavy atom. The Labute approximate surface area is 171 Å². The number of halogens is 1. The Morgan fingerprint density at radius 1 is 1.25 bits per heavy atom. The second kappa shape index (κ2) is 10.6. The maximum Gasteiger partial charge on any atom is 0.326 e. The number of carboxylic acids is 1. The standard InChI is InChI=1S/C19H19ClN2O5S/c1-28-10-8-14(19(25)26)21-17(23)15(11-12-4-6-13(20)7-5-12)22-18(24)16-3-2-9-27-16/h2-7,9,11,14H,8,10H2,1H3,(H,21,23)(H,22,24)(H,25,26)/b15-11-/t14-/m0/s1. The summed E-state index contributed by atoms with van der Waals surface area (Å²) in [6.45, 7) is 0. The zero-order valence-electron chi connectivity index (χ0n) is 15.0. The predicted molar refractivity (Wildman–Crippen MR) is 108 cm³/mol. The van der Waals surface area contributed by atoms with Gasteiger partial charge < -0.3 is 20.2 Å². The van der Waals surface area contributed by atoms with E-state index in [9.17, 15) is 19.5 Å². The van der Waals surface area contributed by atoms with Crippen molar-refractivity contribution in [3.05, 3.63) is 64.7 Å². The zero-order valence-corrected chi connectivity index (χ0v) is 16.5. The molecule has 0 bridgehead atoms. The number of furan rings is 1. The van der Waals surface area contributed by atoms with Gasteiger partial charge in [-0.2, -0.15) is 11.8 Å². The minimum absolute atomic E-state index is 0.0203. The van der Waals surface area contributed by atoms with Gasteiger partial charge in [-0.05, 0) is 54.3 Å². The third-order valence-corrected chi connectivity index (χ3v) is 4.53. The molecule has 9 heteroatoms. The van der Waals surface area contributed by atoms with Gasteiger partial charge in [0.25, 0.3) is 11.8 Å². The van der Waals surface area contributed by atoms with Crippen molar-refractivity contribution < 1.29 is 23.9 Å². The lowest BCUT2D eigenvalue weighted by molar-refractivity contribution is -0.141. The van der Waals surface area contributed by atoms with E-state index in [1.165, 1.54) is 30.2 Å². The van der Waals surface area contributed by atoms with E-state index in [0.717, 1.165) is 0 Å². The number of aliphatic carboxylic acids is 1. The van der Waals surface area contributed by atoms with E-state index in [0.29, 0.717) is 16.3 Å². The molecule has 28 heavy (non-hydrogen) atoms. The van der Waals surface area contributed by atoms with Crippen molar-refractivity contribution >= 4 is 47.2 Å². The summed E-state index contributed by atoms with van der Waals surface area (Å²) in [6.07, 6.45) is 4.86. The van der Waals surface area contributed by atoms with Gasteiger partial charge in [0.2, 0.25) is 0 Å². The van der Waals surface area contributed by atoms with Crippen LogP contribution in [0.25, 0.3) is 6.08 Å². The molecule has 1 aromatic heterocycles. The number of carboxylic acid groups (broad SMARTS) is 1. The van der Waals surface area contributed by atoms with E-state index in [4.69, 9.17) is 16.0 Å². The third kappa shape index (κ3) is 6.47.